The van der Waals surface area contributed by atoms with Crippen LogP contribution in [0.25, 0.3) is 16.7 Å². The zero-order chi connectivity index (χ0) is 22.9. The number of carbonyl (C=O) groups is 2. The summed E-state index contributed by atoms with van der Waals surface area (Å²) >= 11 is 0. The average Bonchev–Trinajstić information content (AvgIpc) is 3.21. The minimum Gasteiger partial charge on any atom is -0.465 e. The number of carbonyl (C=O) groups excluding carboxylic acids is 2. The molecule has 0 aliphatic carbocycles. The summed E-state index contributed by atoms with van der Waals surface area (Å²) in [5, 5.41) is 0. The smallest absolute Gasteiger partial charge is 0.410 e. The number of hydrogen-bond donors (Lipinski definition) is 0. The molecule has 0 N–H and O–H groups in total. The number of ether oxygens (including phenoxy) is 2. The maximum absolute atomic E-state index is 12.3. The van der Waals surface area contributed by atoms with Crippen molar-refractivity contribution in [3.8, 4) is 5.69 Å². The summed E-state index contributed by atoms with van der Waals surface area (Å²) in [5.74, 6) is 0.455. The van der Waals surface area contributed by atoms with Gasteiger partial charge in [0.2, 0.25) is 0 Å². The Morgan fingerprint density at radius 1 is 1.00 bits per heavy atom. The van der Waals surface area contributed by atoms with Gasteiger partial charge in [-0.15, -0.1) is 0 Å². The molecule has 1 saturated heterocycles. The first-order valence-corrected chi connectivity index (χ1v) is 10.5. The number of fused-ring (bicyclic) bond motifs is 1. The summed E-state index contributed by atoms with van der Waals surface area (Å²) in [4.78, 5) is 37.0. The zero-order valence-electron chi connectivity index (χ0n) is 18.7. The third-order valence-corrected chi connectivity index (χ3v) is 5.23. The van der Waals surface area contributed by atoms with Crippen LogP contribution in [0, 0.1) is 0 Å². The fraction of sp³-hybridized carbons (Fsp3) is 0.391. The Balaban J connectivity index is 1.46. The fourth-order valence-corrected chi connectivity index (χ4v) is 3.61. The van der Waals surface area contributed by atoms with Gasteiger partial charge in [0.15, 0.2) is 0 Å². The summed E-state index contributed by atoms with van der Waals surface area (Å²) in [6, 6.07) is 9.18. The Bertz CT molecular complexity index is 1130. The second kappa shape index (κ2) is 8.49. The van der Waals surface area contributed by atoms with Crippen LogP contribution < -0.4 is 4.90 Å². The monoisotopic (exact) mass is 437 g/mol. The van der Waals surface area contributed by atoms with Crippen LogP contribution in [0.1, 0.15) is 31.1 Å². The van der Waals surface area contributed by atoms with Gasteiger partial charge in [-0.2, -0.15) is 0 Å². The third kappa shape index (κ3) is 4.51. The minimum absolute atomic E-state index is 0.279. The van der Waals surface area contributed by atoms with E-state index >= 15 is 0 Å². The van der Waals surface area contributed by atoms with Crippen LogP contribution in [0.4, 0.5) is 10.6 Å². The van der Waals surface area contributed by atoms with Gasteiger partial charge < -0.3 is 19.3 Å². The Hall–Kier alpha value is -3.62. The molecule has 1 aliphatic rings. The number of nitrogens with zero attached hydrogens (tertiary/aromatic N) is 5. The highest BCUT2D eigenvalue weighted by molar-refractivity contribution is 5.94. The lowest BCUT2D eigenvalue weighted by atomic mass is 10.2. The minimum atomic E-state index is -0.499. The summed E-state index contributed by atoms with van der Waals surface area (Å²) in [6.45, 7) is 8.14. The van der Waals surface area contributed by atoms with Crippen molar-refractivity contribution in [2.24, 2.45) is 0 Å². The van der Waals surface area contributed by atoms with Gasteiger partial charge in [0.25, 0.3) is 0 Å². The number of imidazole rings is 1. The van der Waals surface area contributed by atoms with Crippen LogP contribution in [0.2, 0.25) is 0 Å². The molecule has 4 rings (SSSR count). The van der Waals surface area contributed by atoms with Crippen molar-refractivity contribution in [1.82, 2.24) is 19.4 Å². The summed E-state index contributed by atoms with van der Waals surface area (Å²) in [5.41, 5.74) is 2.38. The van der Waals surface area contributed by atoms with E-state index in [2.05, 4.69) is 14.9 Å². The Labute approximate surface area is 186 Å². The van der Waals surface area contributed by atoms with E-state index in [1.165, 1.54) is 7.11 Å². The average molecular weight is 438 g/mol. The molecule has 3 heterocycles. The van der Waals surface area contributed by atoms with Crippen LogP contribution in [0.3, 0.4) is 0 Å². The van der Waals surface area contributed by atoms with Crippen LogP contribution in [-0.2, 0) is 9.47 Å². The fourth-order valence-electron chi connectivity index (χ4n) is 3.61. The van der Waals surface area contributed by atoms with E-state index in [-0.39, 0.29) is 6.09 Å². The number of hydrogen-bond acceptors (Lipinski definition) is 7. The molecular weight excluding hydrogens is 410 g/mol. The van der Waals surface area contributed by atoms with Crippen molar-refractivity contribution in [2.45, 2.75) is 26.4 Å². The first-order chi connectivity index (χ1) is 15.2. The number of rotatable bonds is 3. The number of esters is 1. The number of pyridine rings is 1. The largest absolute Gasteiger partial charge is 0.465 e. The number of anilines is 1. The molecule has 1 aliphatic heterocycles. The Morgan fingerprint density at radius 3 is 2.38 bits per heavy atom. The van der Waals surface area contributed by atoms with Gasteiger partial charge in [0.1, 0.15) is 17.7 Å². The maximum atomic E-state index is 12.3. The van der Waals surface area contributed by atoms with Crippen molar-refractivity contribution in [2.75, 3.05) is 38.2 Å². The van der Waals surface area contributed by atoms with Gasteiger partial charge in [-0.25, -0.2) is 19.6 Å². The Morgan fingerprint density at radius 2 is 1.75 bits per heavy atom. The van der Waals surface area contributed by atoms with Crippen molar-refractivity contribution in [3.05, 3.63) is 48.4 Å². The van der Waals surface area contributed by atoms with Crippen LogP contribution >= 0.6 is 0 Å². The highest BCUT2D eigenvalue weighted by Crippen LogP contribution is 2.22. The SMILES string of the molecule is COC(=O)c1ccc2ncn(-c3ccc(N4CCN(C(=O)OC(C)(C)C)CC4)nc3)c2c1. The molecular formula is C23H27N5O4. The molecule has 1 aromatic carbocycles. The lowest BCUT2D eigenvalue weighted by Gasteiger charge is -2.36. The summed E-state index contributed by atoms with van der Waals surface area (Å²) < 4.78 is 12.2. The van der Waals surface area contributed by atoms with Crippen molar-refractivity contribution >= 4 is 28.9 Å². The number of amides is 1. The first kappa shape index (κ1) is 21.6. The van der Waals surface area contributed by atoms with Crippen LogP contribution in [-0.4, -0.2) is 70.4 Å². The van der Waals surface area contributed by atoms with E-state index in [1.807, 2.05) is 37.5 Å². The molecule has 0 atom stereocenters. The molecule has 1 amide bonds. The molecule has 0 radical (unpaired) electrons. The summed E-state index contributed by atoms with van der Waals surface area (Å²) in [7, 11) is 1.36. The predicted octanol–water partition coefficient (Wildman–Crippen LogP) is 3.26. The normalized spacial score (nSPS) is 14.5. The van der Waals surface area contributed by atoms with E-state index in [1.54, 1.807) is 35.6 Å². The zero-order valence-corrected chi connectivity index (χ0v) is 18.7. The topological polar surface area (TPSA) is 89.8 Å². The molecule has 9 nitrogen and oxygen atoms in total. The van der Waals surface area contributed by atoms with Gasteiger partial charge in [-0.05, 0) is 51.1 Å². The molecule has 0 bridgehead atoms. The molecule has 2 aromatic heterocycles. The third-order valence-electron chi connectivity index (χ3n) is 5.23. The molecule has 3 aromatic rings. The lowest BCUT2D eigenvalue weighted by molar-refractivity contribution is 0.0240. The summed E-state index contributed by atoms with van der Waals surface area (Å²) in [6.07, 6.45) is 3.21. The molecule has 9 heteroatoms. The lowest BCUT2D eigenvalue weighted by Crippen LogP contribution is -2.50. The number of benzene rings is 1. The van der Waals surface area contributed by atoms with E-state index < -0.39 is 11.6 Å². The van der Waals surface area contributed by atoms with Gasteiger partial charge >= 0.3 is 12.1 Å². The van der Waals surface area contributed by atoms with E-state index in [0.29, 0.717) is 31.7 Å². The molecule has 0 spiro atoms. The van der Waals surface area contributed by atoms with Crippen LogP contribution in [0.15, 0.2) is 42.9 Å². The van der Waals surface area contributed by atoms with Gasteiger partial charge in [-0.3, -0.25) is 4.57 Å². The van der Waals surface area contributed by atoms with Crippen LogP contribution in [0.5, 0.6) is 0 Å². The van der Waals surface area contributed by atoms with Crippen molar-refractivity contribution in [3.63, 3.8) is 0 Å². The van der Waals surface area contributed by atoms with E-state index in [4.69, 9.17) is 9.47 Å². The Kier molecular flexibility index (Phi) is 5.73. The molecule has 1 fully saturated rings. The maximum Gasteiger partial charge on any atom is 0.410 e. The van der Waals surface area contributed by atoms with Crippen molar-refractivity contribution < 1.29 is 19.1 Å². The second-order valence-electron chi connectivity index (χ2n) is 8.64. The molecule has 168 valence electrons. The number of aromatic nitrogens is 3. The number of piperazine rings is 1. The predicted molar refractivity (Wildman–Crippen MR) is 120 cm³/mol. The standard InChI is InChI=1S/C23H27N5O4/c1-23(2,3)32-22(30)27-11-9-26(10-12-27)20-8-6-17(14-24-20)28-15-25-18-7-5-16(13-19(18)28)21(29)31-4/h5-8,13-15H,9-12H2,1-4H3. The second-order valence-corrected chi connectivity index (χ2v) is 8.64. The molecule has 32 heavy (non-hydrogen) atoms. The van der Waals surface area contributed by atoms with Crippen molar-refractivity contribution in [1.29, 1.82) is 0 Å². The van der Waals surface area contributed by atoms with E-state index in [9.17, 15) is 9.59 Å². The number of methoxy groups -OCH3 is 1. The first-order valence-electron chi connectivity index (χ1n) is 10.5. The highest BCUT2D eigenvalue weighted by Gasteiger charge is 2.26. The van der Waals surface area contributed by atoms with Gasteiger partial charge in [0.05, 0.1) is 35.6 Å². The quantitative estimate of drug-likeness (QED) is 0.581. The molecule has 0 unspecified atom stereocenters. The van der Waals surface area contributed by atoms with Gasteiger partial charge in [0, 0.05) is 26.2 Å². The van der Waals surface area contributed by atoms with Gasteiger partial charge in [-0.1, -0.05) is 0 Å². The van der Waals surface area contributed by atoms with E-state index in [0.717, 1.165) is 22.5 Å². The molecule has 0 saturated carbocycles. The highest BCUT2D eigenvalue weighted by atomic mass is 16.6.